The van der Waals surface area contributed by atoms with Crippen molar-refractivity contribution in [2.75, 3.05) is 11.1 Å². The van der Waals surface area contributed by atoms with Gasteiger partial charge < -0.3 is 11.1 Å². The summed E-state index contributed by atoms with van der Waals surface area (Å²) < 4.78 is 13.3. The lowest BCUT2D eigenvalue weighted by Crippen LogP contribution is -1.96. The highest BCUT2D eigenvalue weighted by molar-refractivity contribution is 5.65. The first-order chi connectivity index (χ1) is 8.06. The van der Waals surface area contributed by atoms with E-state index in [0.29, 0.717) is 5.69 Å². The van der Waals surface area contributed by atoms with Crippen LogP contribution in [0.4, 0.5) is 21.5 Å². The lowest BCUT2D eigenvalue weighted by atomic mass is 10.1. The van der Waals surface area contributed by atoms with E-state index in [-0.39, 0.29) is 5.69 Å². The van der Waals surface area contributed by atoms with Crippen molar-refractivity contribution in [3.05, 3.63) is 53.3 Å². The third kappa shape index (κ3) is 2.56. The van der Waals surface area contributed by atoms with Gasteiger partial charge in [-0.05, 0) is 49.2 Å². The first-order valence-corrected chi connectivity index (χ1v) is 5.45. The van der Waals surface area contributed by atoms with E-state index in [1.54, 1.807) is 12.1 Å². The Morgan fingerprint density at radius 3 is 2.53 bits per heavy atom. The van der Waals surface area contributed by atoms with Crippen LogP contribution in [0.25, 0.3) is 0 Å². The zero-order valence-electron chi connectivity index (χ0n) is 9.92. The molecule has 88 valence electrons. The smallest absolute Gasteiger partial charge is 0.148 e. The second-order valence-corrected chi connectivity index (χ2v) is 4.18. The molecule has 0 spiro atoms. The van der Waals surface area contributed by atoms with Crippen LogP contribution >= 0.6 is 0 Å². The van der Waals surface area contributed by atoms with Crippen LogP contribution in [0.1, 0.15) is 11.1 Å². The summed E-state index contributed by atoms with van der Waals surface area (Å²) in [6, 6.07) is 10.8. The Bertz CT molecular complexity index is 550. The molecule has 0 saturated heterocycles. The molecule has 0 unspecified atom stereocenters. The lowest BCUT2D eigenvalue weighted by Gasteiger charge is -2.11. The van der Waals surface area contributed by atoms with Gasteiger partial charge in [-0.3, -0.25) is 0 Å². The quantitative estimate of drug-likeness (QED) is 0.771. The van der Waals surface area contributed by atoms with Gasteiger partial charge >= 0.3 is 0 Å². The van der Waals surface area contributed by atoms with Gasteiger partial charge in [-0.2, -0.15) is 0 Å². The Morgan fingerprint density at radius 2 is 1.82 bits per heavy atom. The van der Waals surface area contributed by atoms with E-state index in [1.165, 1.54) is 6.07 Å². The topological polar surface area (TPSA) is 38.0 Å². The van der Waals surface area contributed by atoms with Gasteiger partial charge in [-0.1, -0.05) is 12.1 Å². The van der Waals surface area contributed by atoms with E-state index < -0.39 is 5.82 Å². The molecule has 0 saturated carbocycles. The van der Waals surface area contributed by atoms with Crippen molar-refractivity contribution < 1.29 is 4.39 Å². The molecule has 2 aromatic rings. The molecule has 0 aromatic heterocycles. The monoisotopic (exact) mass is 230 g/mol. The first kappa shape index (κ1) is 11.5. The number of nitrogens with two attached hydrogens (primary N) is 1. The highest BCUT2D eigenvalue weighted by atomic mass is 19.1. The molecule has 0 radical (unpaired) electrons. The molecule has 0 amide bonds. The normalized spacial score (nSPS) is 10.3. The van der Waals surface area contributed by atoms with Crippen LogP contribution in [0.3, 0.4) is 0 Å². The van der Waals surface area contributed by atoms with Crippen molar-refractivity contribution in [1.82, 2.24) is 0 Å². The van der Waals surface area contributed by atoms with Gasteiger partial charge in [0, 0.05) is 11.4 Å². The molecule has 17 heavy (non-hydrogen) atoms. The van der Waals surface area contributed by atoms with Crippen LogP contribution in [0, 0.1) is 19.7 Å². The lowest BCUT2D eigenvalue weighted by molar-refractivity contribution is 0.633. The summed E-state index contributed by atoms with van der Waals surface area (Å²) in [5.74, 6) is -0.402. The molecule has 2 aromatic carbocycles. The number of nitrogens with one attached hydrogen (secondary N) is 1. The van der Waals surface area contributed by atoms with Gasteiger partial charge in [-0.15, -0.1) is 0 Å². The van der Waals surface area contributed by atoms with Crippen LogP contribution in [0.2, 0.25) is 0 Å². The van der Waals surface area contributed by atoms with Crippen molar-refractivity contribution in [1.29, 1.82) is 0 Å². The maximum absolute atomic E-state index is 13.3. The van der Waals surface area contributed by atoms with Crippen molar-refractivity contribution in [2.24, 2.45) is 0 Å². The minimum Gasteiger partial charge on any atom is -0.396 e. The number of hydrogen-bond acceptors (Lipinski definition) is 2. The van der Waals surface area contributed by atoms with Crippen LogP contribution < -0.4 is 11.1 Å². The predicted octanol–water partition coefficient (Wildman–Crippen LogP) is 3.77. The van der Waals surface area contributed by atoms with Crippen LogP contribution in [0.5, 0.6) is 0 Å². The molecule has 0 aliphatic rings. The van der Waals surface area contributed by atoms with Gasteiger partial charge in [-0.25, -0.2) is 4.39 Å². The summed E-state index contributed by atoms with van der Waals surface area (Å²) in [6.45, 7) is 4.03. The van der Waals surface area contributed by atoms with Crippen molar-refractivity contribution in [3.63, 3.8) is 0 Å². The maximum Gasteiger partial charge on any atom is 0.148 e. The standard InChI is InChI=1S/C14H15FN2/c1-9-3-4-10(2)14(7-9)17-11-5-6-13(16)12(15)8-11/h3-8,17H,16H2,1-2H3. The van der Waals surface area contributed by atoms with Crippen molar-refractivity contribution in [3.8, 4) is 0 Å². The molecule has 0 aliphatic heterocycles. The Labute approximate surface area is 100 Å². The summed E-state index contributed by atoms with van der Waals surface area (Å²) in [5, 5.41) is 3.19. The Kier molecular flexibility index (Phi) is 3.00. The number of nitrogen functional groups attached to an aromatic ring is 1. The van der Waals surface area contributed by atoms with Crippen molar-refractivity contribution >= 4 is 17.1 Å². The summed E-state index contributed by atoms with van der Waals surface area (Å²) >= 11 is 0. The molecule has 0 atom stereocenters. The fourth-order valence-electron chi connectivity index (χ4n) is 1.63. The van der Waals surface area contributed by atoms with E-state index in [0.717, 1.165) is 16.8 Å². The van der Waals surface area contributed by atoms with E-state index in [9.17, 15) is 4.39 Å². The molecule has 2 rings (SSSR count). The molecular weight excluding hydrogens is 215 g/mol. The van der Waals surface area contributed by atoms with Gasteiger partial charge in [0.05, 0.1) is 5.69 Å². The second-order valence-electron chi connectivity index (χ2n) is 4.18. The van der Waals surface area contributed by atoms with Gasteiger partial charge in [0.25, 0.3) is 0 Å². The van der Waals surface area contributed by atoms with E-state index >= 15 is 0 Å². The van der Waals surface area contributed by atoms with Crippen LogP contribution in [0.15, 0.2) is 36.4 Å². The van der Waals surface area contributed by atoms with Gasteiger partial charge in [0.2, 0.25) is 0 Å². The minimum atomic E-state index is -0.402. The molecule has 3 heteroatoms. The predicted molar refractivity (Wildman–Crippen MR) is 70.0 cm³/mol. The maximum atomic E-state index is 13.3. The summed E-state index contributed by atoms with van der Waals surface area (Å²) in [7, 11) is 0. The highest BCUT2D eigenvalue weighted by Gasteiger charge is 2.02. The molecule has 0 bridgehead atoms. The number of hydrogen-bond donors (Lipinski definition) is 2. The third-order valence-electron chi connectivity index (χ3n) is 2.67. The largest absolute Gasteiger partial charge is 0.396 e. The summed E-state index contributed by atoms with van der Waals surface area (Å²) in [4.78, 5) is 0. The Hall–Kier alpha value is -2.03. The van der Waals surface area contributed by atoms with Gasteiger partial charge in [0.1, 0.15) is 5.82 Å². The minimum absolute atomic E-state index is 0.163. The SMILES string of the molecule is Cc1ccc(C)c(Nc2ccc(N)c(F)c2)c1. The van der Waals surface area contributed by atoms with E-state index in [2.05, 4.69) is 5.32 Å². The number of rotatable bonds is 2. The average Bonchev–Trinajstić information content (AvgIpc) is 2.29. The molecule has 0 aliphatic carbocycles. The van der Waals surface area contributed by atoms with Crippen LogP contribution in [-0.4, -0.2) is 0 Å². The fraction of sp³-hybridized carbons (Fsp3) is 0.143. The molecule has 0 fully saturated rings. The second kappa shape index (κ2) is 4.45. The number of aryl methyl sites for hydroxylation is 2. The summed E-state index contributed by atoms with van der Waals surface area (Å²) in [5.41, 5.74) is 9.56. The van der Waals surface area contributed by atoms with Crippen LogP contribution in [-0.2, 0) is 0 Å². The number of benzene rings is 2. The Morgan fingerprint density at radius 1 is 1.06 bits per heavy atom. The Balaban J connectivity index is 2.31. The highest BCUT2D eigenvalue weighted by Crippen LogP contribution is 2.23. The van der Waals surface area contributed by atoms with E-state index in [4.69, 9.17) is 5.73 Å². The first-order valence-electron chi connectivity index (χ1n) is 5.45. The molecule has 2 nitrogen and oxygen atoms in total. The molecule has 3 N–H and O–H groups in total. The zero-order chi connectivity index (χ0) is 12.4. The third-order valence-corrected chi connectivity index (χ3v) is 2.67. The molecule has 0 heterocycles. The number of anilines is 3. The fourth-order valence-corrected chi connectivity index (χ4v) is 1.63. The van der Waals surface area contributed by atoms with Crippen molar-refractivity contribution in [2.45, 2.75) is 13.8 Å². The van der Waals surface area contributed by atoms with Gasteiger partial charge in [0.15, 0.2) is 0 Å². The number of halogens is 1. The zero-order valence-corrected chi connectivity index (χ0v) is 9.92. The summed E-state index contributed by atoms with van der Waals surface area (Å²) in [6.07, 6.45) is 0. The van der Waals surface area contributed by atoms with E-state index in [1.807, 2.05) is 32.0 Å². The molecular formula is C14H15FN2. The average molecular weight is 230 g/mol.